The van der Waals surface area contributed by atoms with Gasteiger partial charge in [-0.2, -0.15) is 0 Å². The molecule has 0 fully saturated rings. The van der Waals surface area contributed by atoms with E-state index in [1.807, 2.05) is 48.7 Å². The molecule has 2 heterocycles. The van der Waals surface area contributed by atoms with E-state index in [1.54, 1.807) is 12.1 Å². The van der Waals surface area contributed by atoms with E-state index in [0.29, 0.717) is 12.1 Å². The van der Waals surface area contributed by atoms with Crippen LogP contribution in [0.2, 0.25) is 0 Å². The molecule has 1 unspecified atom stereocenters. The molecule has 0 bridgehead atoms. The topological polar surface area (TPSA) is 43.3 Å². The van der Waals surface area contributed by atoms with Crippen LogP contribution >= 0.6 is 0 Å². The zero-order valence-electron chi connectivity index (χ0n) is 15.3. The fourth-order valence-electron chi connectivity index (χ4n) is 3.65. The number of fused-ring (bicyclic) bond motifs is 1. The number of nitrogens with zero attached hydrogens (tertiary/aromatic N) is 1. The molecule has 0 radical (unpaired) electrons. The number of hydrogen-bond donors (Lipinski definition) is 1. The molecule has 138 valence electrons. The molecule has 1 atom stereocenters. The van der Waals surface area contributed by atoms with E-state index >= 15 is 0 Å². The Labute approximate surface area is 157 Å². The number of hydrogen-bond acceptors (Lipinski definition) is 2. The molecule has 0 aliphatic carbocycles. The maximum Gasteiger partial charge on any atom is 0.253 e. The first-order chi connectivity index (χ1) is 13.0. The van der Waals surface area contributed by atoms with Crippen molar-refractivity contribution in [2.45, 2.75) is 26.4 Å². The fourth-order valence-corrected chi connectivity index (χ4v) is 3.65. The third kappa shape index (κ3) is 3.33. The number of aryl methyl sites for hydroxylation is 1. The van der Waals surface area contributed by atoms with E-state index in [1.165, 1.54) is 17.7 Å². The summed E-state index contributed by atoms with van der Waals surface area (Å²) in [6.45, 7) is 4.28. The molecule has 1 aliphatic heterocycles. The molecule has 0 saturated heterocycles. The van der Waals surface area contributed by atoms with Gasteiger partial charge in [0.1, 0.15) is 17.7 Å². The molecule has 0 saturated carbocycles. The predicted molar refractivity (Wildman–Crippen MR) is 102 cm³/mol. The molecular formula is C22H21FN2O2. The molecule has 4 rings (SSSR count). The van der Waals surface area contributed by atoms with Crippen LogP contribution in [0.25, 0.3) is 5.69 Å². The predicted octanol–water partition coefficient (Wildman–Crippen LogP) is 3.97. The standard InChI is InChI=1S/C22H21FN2O2/c1-14-11-20(15(2)25(14)18-9-7-17(23)8-10-18)22(26)24-13-19-12-16-5-3-4-6-21(16)27-19/h3-11,19H,12-13H2,1-2H3,(H,24,26). The maximum atomic E-state index is 13.2. The maximum absolute atomic E-state index is 13.2. The van der Waals surface area contributed by atoms with Crippen molar-refractivity contribution in [2.75, 3.05) is 6.54 Å². The van der Waals surface area contributed by atoms with E-state index in [-0.39, 0.29) is 17.8 Å². The lowest BCUT2D eigenvalue weighted by Gasteiger charge is -2.13. The van der Waals surface area contributed by atoms with Crippen LogP contribution in [0, 0.1) is 19.7 Å². The molecule has 5 heteroatoms. The minimum Gasteiger partial charge on any atom is -0.488 e. The van der Waals surface area contributed by atoms with Gasteiger partial charge in [-0.3, -0.25) is 4.79 Å². The lowest BCUT2D eigenvalue weighted by Crippen LogP contribution is -2.34. The number of amides is 1. The Morgan fingerprint density at radius 3 is 2.67 bits per heavy atom. The number of carbonyl (C=O) groups excluding carboxylic acids is 1. The van der Waals surface area contributed by atoms with Gasteiger partial charge in [0.05, 0.1) is 12.1 Å². The summed E-state index contributed by atoms with van der Waals surface area (Å²) in [7, 11) is 0. The molecule has 27 heavy (non-hydrogen) atoms. The fraction of sp³-hybridized carbons (Fsp3) is 0.227. The first-order valence-corrected chi connectivity index (χ1v) is 9.00. The summed E-state index contributed by atoms with van der Waals surface area (Å²) in [4.78, 5) is 12.7. The Balaban J connectivity index is 1.47. The van der Waals surface area contributed by atoms with Crippen molar-refractivity contribution in [1.29, 1.82) is 0 Å². The lowest BCUT2D eigenvalue weighted by atomic mass is 10.1. The van der Waals surface area contributed by atoms with Crippen LogP contribution in [0.5, 0.6) is 5.75 Å². The number of nitrogens with one attached hydrogen (secondary N) is 1. The number of para-hydroxylation sites is 1. The van der Waals surface area contributed by atoms with Gasteiger partial charge in [-0.05, 0) is 55.8 Å². The molecule has 1 aromatic heterocycles. The van der Waals surface area contributed by atoms with Crippen molar-refractivity contribution < 1.29 is 13.9 Å². The zero-order valence-corrected chi connectivity index (χ0v) is 15.3. The SMILES string of the molecule is Cc1cc(C(=O)NCC2Cc3ccccc3O2)c(C)n1-c1ccc(F)cc1. The summed E-state index contributed by atoms with van der Waals surface area (Å²) in [6, 6.07) is 16.1. The zero-order chi connectivity index (χ0) is 19.0. The lowest BCUT2D eigenvalue weighted by molar-refractivity contribution is 0.0933. The van der Waals surface area contributed by atoms with Crippen LogP contribution in [0.4, 0.5) is 4.39 Å². The van der Waals surface area contributed by atoms with Crippen LogP contribution in [-0.4, -0.2) is 23.1 Å². The first kappa shape index (κ1) is 17.3. The van der Waals surface area contributed by atoms with Gasteiger partial charge in [0, 0.05) is 23.5 Å². The average Bonchev–Trinajstić information content (AvgIpc) is 3.21. The van der Waals surface area contributed by atoms with Gasteiger partial charge in [0.15, 0.2) is 0 Å². The van der Waals surface area contributed by atoms with Crippen LogP contribution < -0.4 is 10.1 Å². The minimum absolute atomic E-state index is 0.0491. The summed E-state index contributed by atoms with van der Waals surface area (Å²) < 4.78 is 21.0. The van der Waals surface area contributed by atoms with Crippen molar-refractivity contribution >= 4 is 5.91 Å². The van der Waals surface area contributed by atoms with Crippen molar-refractivity contribution in [2.24, 2.45) is 0 Å². The smallest absolute Gasteiger partial charge is 0.253 e. The number of benzene rings is 2. The number of ether oxygens (including phenoxy) is 1. The van der Waals surface area contributed by atoms with E-state index in [2.05, 4.69) is 5.32 Å². The van der Waals surface area contributed by atoms with E-state index in [4.69, 9.17) is 4.74 Å². The Hall–Kier alpha value is -3.08. The third-order valence-corrected chi connectivity index (χ3v) is 4.96. The number of aromatic nitrogens is 1. The van der Waals surface area contributed by atoms with Crippen molar-refractivity contribution in [3.8, 4) is 11.4 Å². The van der Waals surface area contributed by atoms with Gasteiger partial charge in [0.25, 0.3) is 5.91 Å². The summed E-state index contributed by atoms with van der Waals surface area (Å²) in [5.74, 6) is 0.485. The van der Waals surface area contributed by atoms with Crippen LogP contribution in [0.3, 0.4) is 0 Å². The van der Waals surface area contributed by atoms with Crippen LogP contribution in [0.15, 0.2) is 54.6 Å². The Morgan fingerprint density at radius 2 is 1.93 bits per heavy atom. The second-order valence-corrected chi connectivity index (χ2v) is 6.86. The molecule has 1 amide bonds. The molecule has 3 aromatic rings. The average molecular weight is 364 g/mol. The molecular weight excluding hydrogens is 343 g/mol. The number of rotatable bonds is 4. The first-order valence-electron chi connectivity index (χ1n) is 9.00. The van der Waals surface area contributed by atoms with Crippen molar-refractivity contribution in [1.82, 2.24) is 9.88 Å². The van der Waals surface area contributed by atoms with E-state index < -0.39 is 0 Å². The van der Waals surface area contributed by atoms with Crippen LogP contribution in [-0.2, 0) is 6.42 Å². The Morgan fingerprint density at radius 1 is 1.19 bits per heavy atom. The van der Waals surface area contributed by atoms with Gasteiger partial charge < -0.3 is 14.6 Å². The highest BCUT2D eigenvalue weighted by atomic mass is 19.1. The van der Waals surface area contributed by atoms with E-state index in [9.17, 15) is 9.18 Å². The summed E-state index contributed by atoms with van der Waals surface area (Å²) >= 11 is 0. The molecule has 1 N–H and O–H groups in total. The Bertz CT molecular complexity index is 967. The summed E-state index contributed by atoms with van der Waals surface area (Å²) in [5.41, 5.74) is 4.37. The second-order valence-electron chi connectivity index (χ2n) is 6.86. The van der Waals surface area contributed by atoms with Gasteiger partial charge >= 0.3 is 0 Å². The van der Waals surface area contributed by atoms with Gasteiger partial charge in [-0.25, -0.2) is 4.39 Å². The van der Waals surface area contributed by atoms with Crippen molar-refractivity contribution in [3.05, 3.63) is 82.9 Å². The number of carbonyl (C=O) groups is 1. The third-order valence-electron chi connectivity index (χ3n) is 4.96. The molecule has 0 spiro atoms. The minimum atomic E-state index is -0.281. The highest BCUT2D eigenvalue weighted by Crippen LogP contribution is 2.28. The van der Waals surface area contributed by atoms with E-state index in [0.717, 1.165) is 29.2 Å². The normalized spacial score (nSPS) is 15.3. The summed E-state index contributed by atoms with van der Waals surface area (Å²) in [5, 5.41) is 2.98. The molecule has 4 nitrogen and oxygen atoms in total. The van der Waals surface area contributed by atoms with Gasteiger partial charge in [0.2, 0.25) is 0 Å². The largest absolute Gasteiger partial charge is 0.488 e. The molecule has 1 aliphatic rings. The summed E-state index contributed by atoms with van der Waals surface area (Å²) in [6.07, 6.45) is 0.748. The van der Waals surface area contributed by atoms with Gasteiger partial charge in [-0.1, -0.05) is 18.2 Å². The van der Waals surface area contributed by atoms with Crippen LogP contribution in [0.1, 0.15) is 27.3 Å². The highest BCUT2D eigenvalue weighted by molar-refractivity contribution is 5.96. The van der Waals surface area contributed by atoms with Gasteiger partial charge in [-0.15, -0.1) is 0 Å². The van der Waals surface area contributed by atoms with Crippen molar-refractivity contribution in [3.63, 3.8) is 0 Å². The Kier molecular flexibility index (Phi) is 4.44. The second kappa shape index (κ2) is 6.91. The highest BCUT2D eigenvalue weighted by Gasteiger charge is 2.24. The number of halogens is 1. The molecule has 2 aromatic carbocycles. The quantitative estimate of drug-likeness (QED) is 0.761. The monoisotopic (exact) mass is 364 g/mol.